The molecule has 36 heavy (non-hydrogen) atoms. The number of hydrogen-bond acceptors (Lipinski definition) is 5. The number of amides is 1. The molecule has 1 atom stereocenters. The lowest BCUT2D eigenvalue weighted by atomic mass is 9.90. The maximum atomic E-state index is 12.7. The van der Waals surface area contributed by atoms with Gasteiger partial charge in [0.2, 0.25) is 11.8 Å². The van der Waals surface area contributed by atoms with Crippen molar-refractivity contribution < 1.29 is 23.8 Å². The molecule has 0 saturated carbocycles. The number of ether oxygens (including phenoxy) is 1. The molecule has 0 spiro atoms. The molecule has 1 amide bonds. The molecule has 0 radical (unpaired) electrons. The second-order valence-electron chi connectivity index (χ2n) is 9.60. The van der Waals surface area contributed by atoms with Gasteiger partial charge in [-0.2, -0.15) is 0 Å². The largest absolute Gasteiger partial charge is 0.493 e. The predicted molar refractivity (Wildman–Crippen MR) is 140 cm³/mol. The number of aromatic nitrogens is 1. The van der Waals surface area contributed by atoms with E-state index in [-0.39, 0.29) is 11.3 Å². The Morgan fingerprint density at radius 2 is 2.08 bits per heavy atom. The van der Waals surface area contributed by atoms with Crippen LogP contribution >= 0.6 is 0 Å². The van der Waals surface area contributed by atoms with Crippen LogP contribution in [0.3, 0.4) is 0 Å². The number of carbonyl (C=O) groups excluding carboxylic acids is 1. The fourth-order valence-electron chi connectivity index (χ4n) is 3.97. The lowest BCUT2D eigenvalue weighted by molar-refractivity contribution is -0.149. The second kappa shape index (κ2) is 11.9. The van der Waals surface area contributed by atoms with Crippen LogP contribution < -0.4 is 4.74 Å². The number of carbonyl (C=O) groups is 2. The van der Waals surface area contributed by atoms with Crippen molar-refractivity contribution in [3.05, 3.63) is 77.1 Å². The summed E-state index contributed by atoms with van der Waals surface area (Å²) in [4.78, 5) is 30.8. The Labute approximate surface area is 213 Å². The molecule has 3 rings (SSSR count). The number of rotatable bonds is 10. The summed E-state index contributed by atoms with van der Waals surface area (Å²) in [5.74, 6) is 0.501. The van der Waals surface area contributed by atoms with Gasteiger partial charge in [0.15, 0.2) is 6.04 Å². The Morgan fingerprint density at radius 1 is 1.31 bits per heavy atom. The van der Waals surface area contributed by atoms with Crippen molar-refractivity contribution in [2.75, 3.05) is 13.2 Å². The van der Waals surface area contributed by atoms with E-state index < -0.39 is 12.0 Å². The molecule has 1 aliphatic heterocycles. The molecule has 1 aromatic heterocycles. The van der Waals surface area contributed by atoms with Gasteiger partial charge in [-0.25, -0.2) is 9.78 Å². The van der Waals surface area contributed by atoms with Crippen molar-refractivity contribution in [3.8, 4) is 5.75 Å². The summed E-state index contributed by atoms with van der Waals surface area (Å²) in [6, 6.07) is 4.41. The zero-order chi connectivity index (χ0) is 26.3. The molecule has 7 nitrogen and oxygen atoms in total. The molecule has 0 fully saturated rings. The van der Waals surface area contributed by atoms with Crippen LogP contribution in [0.25, 0.3) is 6.08 Å². The Kier molecular flexibility index (Phi) is 8.91. The Bertz CT molecular complexity index is 1170. The van der Waals surface area contributed by atoms with Gasteiger partial charge in [0.1, 0.15) is 11.5 Å². The maximum absolute atomic E-state index is 12.7. The van der Waals surface area contributed by atoms with E-state index in [0.717, 1.165) is 23.4 Å². The molecule has 7 heteroatoms. The number of oxazole rings is 1. The molecule has 0 saturated heterocycles. The highest BCUT2D eigenvalue weighted by Crippen LogP contribution is 2.33. The van der Waals surface area contributed by atoms with Gasteiger partial charge in [-0.05, 0) is 61.4 Å². The lowest BCUT2D eigenvalue weighted by Gasteiger charge is -2.34. The fraction of sp³-hybridized carbons (Fsp3) is 0.414. The van der Waals surface area contributed by atoms with Crippen molar-refractivity contribution in [3.63, 3.8) is 0 Å². The molecule has 1 N–H and O–H groups in total. The van der Waals surface area contributed by atoms with Gasteiger partial charge in [-0.15, -0.1) is 0 Å². The standard InChI is InChI=1S/C29H36N2O5/c1-6-8-9-10-26(32)31-17-14-21-11-12-22(19-23(21)27(31)28(33)34)35-18-15-24-20(3)36-25(30-24)13-16-29(4,5)7-2/h6,8-13,16,19,27H,7,14-15,17-18H2,1-5H3,(H,33,34)/b8-6?,10-9?,16-13+. The zero-order valence-electron chi connectivity index (χ0n) is 21.8. The number of hydrogen-bond donors (Lipinski definition) is 1. The third-order valence-corrected chi connectivity index (χ3v) is 6.51. The molecular formula is C29H36N2O5. The number of allylic oxidation sites excluding steroid dienone is 4. The summed E-state index contributed by atoms with van der Waals surface area (Å²) in [6.07, 6.45) is 12.7. The van der Waals surface area contributed by atoms with Crippen LogP contribution in [-0.4, -0.2) is 40.0 Å². The Hall–Kier alpha value is -3.61. The summed E-state index contributed by atoms with van der Waals surface area (Å²) >= 11 is 0. The van der Waals surface area contributed by atoms with Gasteiger partial charge in [0, 0.05) is 19.0 Å². The third-order valence-electron chi connectivity index (χ3n) is 6.51. The fourth-order valence-corrected chi connectivity index (χ4v) is 3.97. The Morgan fingerprint density at radius 3 is 2.78 bits per heavy atom. The van der Waals surface area contributed by atoms with Crippen molar-refractivity contribution in [1.29, 1.82) is 0 Å². The summed E-state index contributed by atoms with van der Waals surface area (Å²) in [7, 11) is 0. The van der Waals surface area contributed by atoms with E-state index in [2.05, 4.69) is 31.8 Å². The first-order valence-electron chi connectivity index (χ1n) is 12.4. The van der Waals surface area contributed by atoms with E-state index in [0.29, 0.717) is 43.2 Å². The van der Waals surface area contributed by atoms with Gasteiger partial charge in [0.05, 0.1) is 12.3 Å². The third kappa shape index (κ3) is 6.74. The van der Waals surface area contributed by atoms with Gasteiger partial charge < -0.3 is 19.2 Å². The first-order chi connectivity index (χ1) is 17.1. The van der Waals surface area contributed by atoms with Crippen molar-refractivity contribution in [2.45, 2.75) is 59.9 Å². The van der Waals surface area contributed by atoms with E-state index in [4.69, 9.17) is 9.15 Å². The summed E-state index contributed by atoms with van der Waals surface area (Å²) in [5, 5.41) is 9.94. The van der Waals surface area contributed by atoms with Gasteiger partial charge in [0.25, 0.3) is 0 Å². The first-order valence-corrected chi connectivity index (χ1v) is 12.4. The lowest BCUT2D eigenvalue weighted by Crippen LogP contribution is -2.42. The molecular weight excluding hydrogens is 456 g/mol. The highest BCUT2D eigenvalue weighted by atomic mass is 16.5. The smallest absolute Gasteiger partial charge is 0.331 e. The first kappa shape index (κ1) is 27.0. The molecule has 192 valence electrons. The highest BCUT2D eigenvalue weighted by Gasteiger charge is 2.35. The van der Waals surface area contributed by atoms with Crippen LogP contribution in [0.4, 0.5) is 0 Å². The number of nitrogens with zero attached hydrogens (tertiary/aromatic N) is 2. The number of carboxylic acids is 1. The van der Waals surface area contributed by atoms with Crippen LogP contribution in [-0.2, 0) is 22.4 Å². The topological polar surface area (TPSA) is 92.9 Å². The predicted octanol–water partition coefficient (Wildman–Crippen LogP) is 5.70. The molecule has 1 aromatic carbocycles. The average Bonchev–Trinajstić information content (AvgIpc) is 3.21. The van der Waals surface area contributed by atoms with Crippen LogP contribution in [0.1, 0.15) is 68.6 Å². The normalized spacial score (nSPS) is 16.2. The van der Waals surface area contributed by atoms with E-state index in [1.54, 1.807) is 24.3 Å². The molecule has 0 bridgehead atoms. The van der Waals surface area contributed by atoms with E-state index in [9.17, 15) is 14.7 Å². The molecule has 0 aliphatic carbocycles. The maximum Gasteiger partial charge on any atom is 0.331 e. The number of aryl methyl sites for hydroxylation is 1. The minimum Gasteiger partial charge on any atom is -0.493 e. The summed E-state index contributed by atoms with van der Waals surface area (Å²) in [5.41, 5.74) is 2.40. The minimum atomic E-state index is -1.06. The van der Waals surface area contributed by atoms with E-state index in [1.807, 2.05) is 32.1 Å². The number of benzene rings is 1. The van der Waals surface area contributed by atoms with Crippen molar-refractivity contribution in [1.82, 2.24) is 9.88 Å². The van der Waals surface area contributed by atoms with Crippen LogP contribution in [0.15, 0.2) is 53.0 Å². The monoisotopic (exact) mass is 492 g/mol. The SMILES string of the molecule is CC=CC=CC(=O)N1CCc2ccc(OCCc3nc(/C=C/C(C)(C)CC)oc3C)cc2C1C(=O)O. The molecule has 2 aromatic rings. The quantitative estimate of drug-likeness (QED) is 0.338. The van der Waals surface area contributed by atoms with Crippen LogP contribution in [0, 0.1) is 12.3 Å². The number of fused-ring (bicyclic) bond motifs is 1. The average molecular weight is 493 g/mol. The summed E-state index contributed by atoms with van der Waals surface area (Å²) in [6.45, 7) is 10.9. The molecule has 1 aliphatic rings. The highest BCUT2D eigenvalue weighted by molar-refractivity contribution is 5.92. The van der Waals surface area contributed by atoms with Crippen LogP contribution in [0.5, 0.6) is 5.75 Å². The number of carboxylic acid groups (broad SMARTS) is 1. The van der Waals surface area contributed by atoms with E-state index in [1.165, 1.54) is 11.0 Å². The molecule has 2 heterocycles. The van der Waals surface area contributed by atoms with Gasteiger partial charge >= 0.3 is 5.97 Å². The number of aliphatic carboxylic acids is 1. The minimum absolute atomic E-state index is 0.0783. The van der Waals surface area contributed by atoms with Gasteiger partial charge in [-0.1, -0.05) is 51.1 Å². The molecule has 1 unspecified atom stereocenters. The Balaban J connectivity index is 1.70. The summed E-state index contributed by atoms with van der Waals surface area (Å²) < 4.78 is 11.7. The van der Waals surface area contributed by atoms with Gasteiger partial charge in [-0.3, -0.25) is 4.79 Å². The zero-order valence-corrected chi connectivity index (χ0v) is 21.8. The van der Waals surface area contributed by atoms with Crippen molar-refractivity contribution in [2.24, 2.45) is 5.41 Å². The second-order valence-corrected chi connectivity index (χ2v) is 9.60. The van der Waals surface area contributed by atoms with Crippen molar-refractivity contribution >= 4 is 18.0 Å². The van der Waals surface area contributed by atoms with E-state index >= 15 is 0 Å². The van der Waals surface area contributed by atoms with Crippen LogP contribution in [0.2, 0.25) is 0 Å².